The number of sulfone groups is 1. The standard InChI is InChI=1S/C7H7N3O2S/c8-4-6-5-10-2-1-3-13(11,12)7(10)9-6/h5H,1-3H2. The highest BCUT2D eigenvalue weighted by atomic mass is 32.2. The number of nitrogens with zero attached hydrogens (tertiary/aromatic N) is 3. The molecular weight excluding hydrogens is 190 g/mol. The first-order chi connectivity index (χ1) is 6.13. The van der Waals surface area contributed by atoms with Crippen molar-refractivity contribution in [1.29, 1.82) is 5.26 Å². The smallest absolute Gasteiger partial charge is 0.228 e. The average molecular weight is 197 g/mol. The maximum absolute atomic E-state index is 11.4. The Bertz CT molecular complexity index is 480. The maximum atomic E-state index is 11.4. The predicted octanol–water partition coefficient (Wildman–Crippen LogP) is -0.0678. The fourth-order valence-electron chi connectivity index (χ4n) is 1.38. The summed E-state index contributed by atoms with van der Waals surface area (Å²) in [5.74, 6) is 0.134. The molecule has 0 saturated heterocycles. The quantitative estimate of drug-likeness (QED) is 0.583. The van der Waals surface area contributed by atoms with Gasteiger partial charge in [-0.2, -0.15) is 5.26 Å². The number of fused-ring (bicyclic) bond motifs is 1. The molecule has 0 bridgehead atoms. The lowest BCUT2D eigenvalue weighted by molar-refractivity contribution is 0.528. The van der Waals surface area contributed by atoms with E-state index in [0.29, 0.717) is 13.0 Å². The summed E-state index contributed by atoms with van der Waals surface area (Å²) in [5, 5.41) is 8.57. The third-order valence-corrected chi connectivity index (χ3v) is 3.65. The van der Waals surface area contributed by atoms with Crippen LogP contribution in [-0.4, -0.2) is 23.7 Å². The van der Waals surface area contributed by atoms with E-state index in [1.807, 2.05) is 6.07 Å². The number of aromatic nitrogens is 2. The molecule has 0 spiro atoms. The minimum Gasteiger partial charge on any atom is -0.320 e. The maximum Gasteiger partial charge on any atom is 0.228 e. The minimum absolute atomic E-state index is 0.0373. The average Bonchev–Trinajstić information content (AvgIpc) is 2.48. The Balaban J connectivity index is 2.66. The van der Waals surface area contributed by atoms with E-state index in [4.69, 9.17) is 5.26 Å². The van der Waals surface area contributed by atoms with Crippen molar-refractivity contribution in [3.05, 3.63) is 11.9 Å². The lowest BCUT2D eigenvalue weighted by Crippen LogP contribution is -2.20. The number of rotatable bonds is 0. The topological polar surface area (TPSA) is 75.8 Å². The van der Waals surface area contributed by atoms with E-state index >= 15 is 0 Å². The number of hydrogen-bond donors (Lipinski definition) is 0. The van der Waals surface area contributed by atoms with Crippen LogP contribution in [0.1, 0.15) is 12.1 Å². The molecule has 0 aromatic carbocycles. The summed E-state index contributed by atoms with van der Waals surface area (Å²) in [5.41, 5.74) is 0.167. The van der Waals surface area contributed by atoms with Crippen molar-refractivity contribution in [2.75, 3.05) is 5.75 Å². The Morgan fingerprint density at radius 1 is 1.62 bits per heavy atom. The van der Waals surface area contributed by atoms with Crippen LogP contribution in [-0.2, 0) is 16.4 Å². The van der Waals surface area contributed by atoms with Crippen molar-refractivity contribution < 1.29 is 8.42 Å². The lowest BCUT2D eigenvalue weighted by atomic mass is 10.4. The molecular formula is C7H7N3O2S. The van der Waals surface area contributed by atoms with Gasteiger partial charge in [0, 0.05) is 12.7 Å². The molecule has 0 fully saturated rings. The molecule has 0 aliphatic carbocycles. The number of hydrogen-bond acceptors (Lipinski definition) is 4. The molecule has 2 heterocycles. The van der Waals surface area contributed by atoms with Crippen LogP contribution in [0.2, 0.25) is 0 Å². The normalized spacial score (nSPS) is 19.0. The van der Waals surface area contributed by atoms with E-state index in [9.17, 15) is 8.42 Å². The van der Waals surface area contributed by atoms with E-state index in [2.05, 4.69) is 4.98 Å². The van der Waals surface area contributed by atoms with Gasteiger partial charge in [0.25, 0.3) is 0 Å². The monoisotopic (exact) mass is 197 g/mol. The van der Waals surface area contributed by atoms with Crippen LogP contribution >= 0.6 is 0 Å². The van der Waals surface area contributed by atoms with Crippen molar-refractivity contribution in [3.63, 3.8) is 0 Å². The lowest BCUT2D eigenvalue weighted by Gasteiger charge is -2.12. The fourth-order valence-corrected chi connectivity index (χ4v) is 2.81. The van der Waals surface area contributed by atoms with Gasteiger partial charge in [-0.05, 0) is 6.42 Å². The van der Waals surface area contributed by atoms with Gasteiger partial charge in [-0.25, -0.2) is 13.4 Å². The van der Waals surface area contributed by atoms with E-state index in [0.717, 1.165) is 0 Å². The second-order valence-corrected chi connectivity index (χ2v) is 4.89. The molecule has 1 aromatic rings. The first kappa shape index (κ1) is 8.26. The molecule has 0 atom stereocenters. The van der Waals surface area contributed by atoms with Gasteiger partial charge in [-0.1, -0.05) is 0 Å². The molecule has 5 nitrogen and oxygen atoms in total. The van der Waals surface area contributed by atoms with Crippen molar-refractivity contribution in [3.8, 4) is 6.07 Å². The number of aryl methyl sites for hydroxylation is 1. The van der Waals surface area contributed by atoms with Gasteiger partial charge in [0.2, 0.25) is 15.0 Å². The zero-order valence-electron chi connectivity index (χ0n) is 6.77. The van der Waals surface area contributed by atoms with Crippen molar-refractivity contribution >= 4 is 9.84 Å². The van der Waals surface area contributed by atoms with E-state index < -0.39 is 9.84 Å². The van der Waals surface area contributed by atoms with Gasteiger partial charge in [0.05, 0.1) is 5.75 Å². The summed E-state index contributed by atoms with van der Waals surface area (Å²) >= 11 is 0. The summed E-state index contributed by atoms with van der Waals surface area (Å²) in [6, 6.07) is 1.83. The molecule has 2 rings (SSSR count). The van der Waals surface area contributed by atoms with Crippen LogP contribution in [0.5, 0.6) is 0 Å². The molecule has 0 saturated carbocycles. The summed E-state index contributed by atoms with van der Waals surface area (Å²) in [6.07, 6.45) is 2.07. The molecule has 0 radical (unpaired) electrons. The van der Waals surface area contributed by atoms with Crippen LogP contribution in [0.4, 0.5) is 0 Å². The fraction of sp³-hybridized carbons (Fsp3) is 0.429. The third-order valence-electron chi connectivity index (χ3n) is 1.94. The van der Waals surface area contributed by atoms with Crippen LogP contribution in [0.3, 0.4) is 0 Å². The molecule has 0 unspecified atom stereocenters. The summed E-state index contributed by atoms with van der Waals surface area (Å²) in [7, 11) is -3.23. The Labute approximate surface area is 75.5 Å². The van der Waals surface area contributed by atoms with Gasteiger partial charge in [0.15, 0.2) is 5.69 Å². The second kappa shape index (κ2) is 2.57. The minimum atomic E-state index is -3.23. The van der Waals surface area contributed by atoms with Crippen molar-refractivity contribution in [2.45, 2.75) is 18.1 Å². The van der Waals surface area contributed by atoms with Crippen molar-refractivity contribution in [1.82, 2.24) is 9.55 Å². The molecule has 1 aliphatic heterocycles. The highest BCUT2D eigenvalue weighted by Crippen LogP contribution is 2.17. The zero-order valence-corrected chi connectivity index (χ0v) is 7.58. The Morgan fingerprint density at radius 2 is 2.38 bits per heavy atom. The largest absolute Gasteiger partial charge is 0.320 e. The number of nitriles is 1. The number of imidazole rings is 1. The molecule has 0 amide bonds. The molecule has 1 aromatic heterocycles. The SMILES string of the molecule is N#Cc1cn2c(n1)S(=O)(=O)CCC2. The van der Waals surface area contributed by atoms with E-state index in [1.54, 1.807) is 0 Å². The van der Waals surface area contributed by atoms with Gasteiger partial charge in [-0.3, -0.25) is 0 Å². The van der Waals surface area contributed by atoms with Gasteiger partial charge >= 0.3 is 0 Å². The molecule has 1 aliphatic rings. The Morgan fingerprint density at radius 3 is 3.00 bits per heavy atom. The van der Waals surface area contributed by atoms with Crippen LogP contribution in [0.25, 0.3) is 0 Å². The molecule has 6 heteroatoms. The third kappa shape index (κ3) is 1.21. The zero-order chi connectivity index (χ0) is 9.47. The van der Waals surface area contributed by atoms with E-state index in [-0.39, 0.29) is 16.6 Å². The van der Waals surface area contributed by atoms with Gasteiger partial charge < -0.3 is 4.57 Å². The second-order valence-electron chi connectivity index (χ2n) is 2.89. The van der Waals surface area contributed by atoms with Crippen LogP contribution in [0.15, 0.2) is 11.4 Å². The van der Waals surface area contributed by atoms with Gasteiger partial charge in [-0.15, -0.1) is 0 Å². The van der Waals surface area contributed by atoms with E-state index in [1.165, 1.54) is 10.8 Å². The van der Waals surface area contributed by atoms with Gasteiger partial charge in [0.1, 0.15) is 6.07 Å². The highest BCUT2D eigenvalue weighted by molar-refractivity contribution is 7.91. The first-order valence-electron chi connectivity index (χ1n) is 3.83. The summed E-state index contributed by atoms with van der Waals surface area (Å²) in [4.78, 5) is 3.74. The Kier molecular flexibility index (Phi) is 1.63. The Hall–Kier alpha value is -1.35. The highest BCUT2D eigenvalue weighted by Gasteiger charge is 2.26. The van der Waals surface area contributed by atoms with Crippen molar-refractivity contribution in [2.24, 2.45) is 0 Å². The molecule has 0 N–H and O–H groups in total. The summed E-state index contributed by atoms with van der Waals surface area (Å²) < 4.78 is 24.3. The molecule has 13 heavy (non-hydrogen) atoms. The van der Waals surface area contributed by atoms with Crippen LogP contribution in [0, 0.1) is 11.3 Å². The first-order valence-corrected chi connectivity index (χ1v) is 5.49. The summed E-state index contributed by atoms with van der Waals surface area (Å²) in [6.45, 7) is 0.628. The van der Waals surface area contributed by atoms with Crippen LogP contribution < -0.4 is 0 Å². The predicted molar refractivity (Wildman–Crippen MR) is 43.6 cm³/mol. The molecule has 68 valence electrons.